The van der Waals surface area contributed by atoms with Gasteiger partial charge in [-0.2, -0.15) is 4.31 Å². The smallest absolute Gasteiger partial charge is 0.326 e. The van der Waals surface area contributed by atoms with E-state index >= 15 is 0 Å². The van der Waals surface area contributed by atoms with Gasteiger partial charge in [-0.3, -0.25) is 0 Å². The number of amides is 2. The number of sulfonamides is 1. The zero-order valence-electron chi connectivity index (χ0n) is 11.0. The molecule has 0 saturated carbocycles. The molecule has 0 radical (unpaired) electrons. The van der Waals surface area contributed by atoms with E-state index in [0.717, 1.165) is 6.26 Å². The lowest BCUT2D eigenvalue weighted by Gasteiger charge is -2.33. The third-order valence-electron chi connectivity index (χ3n) is 3.00. The van der Waals surface area contributed by atoms with Gasteiger partial charge in [-0.05, 0) is 6.42 Å². The van der Waals surface area contributed by atoms with Gasteiger partial charge in [0.15, 0.2) is 0 Å². The predicted octanol–water partition coefficient (Wildman–Crippen LogP) is -0.864. The Bertz CT molecular complexity index is 442. The molecule has 0 aliphatic carbocycles. The summed E-state index contributed by atoms with van der Waals surface area (Å²) in [5, 5.41) is 11.3. The van der Waals surface area contributed by atoms with Crippen LogP contribution in [0.3, 0.4) is 0 Å². The molecule has 110 valence electrons. The number of carboxylic acids is 1. The lowest BCUT2D eigenvalue weighted by Crippen LogP contribution is -2.55. The monoisotopic (exact) mass is 293 g/mol. The highest BCUT2D eigenvalue weighted by atomic mass is 32.2. The molecule has 19 heavy (non-hydrogen) atoms. The number of carbonyl (C=O) groups excluding carboxylic acids is 1. The van der Waals surface area contributed by atoms with Gasteiger partial charge in [0.05, 0.1) is 6.26 Å². The van der Waals surface area contributed by atoms with Crippen LogP contribution in [0.2, 0.25) is 0 Å². The molecule has 0 spiro atoms. The number of rotatable bonds is 4. The second-order valence-electron chi connectivity index (χ2n) is 4.40. The fraction of sp³-hybridized carbons (Fsp3) is 0.800. The first-order chi connectivity index (χ1) is 8.75. The summed E-state index contributed by atoms with van der Waals surface area (Å²) in [5.74, 6) is -1.08. The van der Waals surface area contributed by atoms with Gasteiger partial charge < -0.3 is 15.3 Å². The summed E-state index contributed by atoms with van der Waals surface area (Å²) < 4.78 is 23.9. The molecule has 1 aliphatic rings. The summed E-state index contributed by atoms with van der Waals surface area (Å²) >= 11 is 0. The Morgan fingerprint density at radius 2 is 1.79 bits per heavy atom. The number of aliphatic carboxylic acids is 1. The quantitative estimate of drug-likeness (QED) is 0.701. The maximum Gasteiger partial charge on any atom is 0.326 e. The number of carboxylic acid groups (broad SMARTS) is 1. The first-order valence-corrected chi connectivity index (χ1v) is 7.84. The maximum absolute atomic E-state index is 11.8. The normalized spacial score (nSPS) is 18.9. The second kappa shape index (κ2) is 6.20. The highest BCUT2D eigenvalue weighted by molar-refractivity contribution is 7.88. The molecule has 0 aromatic heterocycles. The summed E-state index contributed by atoms with van der Waals surface area (Å²) in [7, 11) is -3.24. The zero-order chi connectivity index (χ0) is 14.6. The van der Waals surface area contributed by atoms with Gasteiger partial charge in [0.2, 0.25) is 10.0 Å². The molecule has 0 aromatic rings. The van der Waals surface area contributed by atoms with Crippen molar-refractivity contribution in [2.45, 2.75) is 19.4 Å². The first kappa shape index (κ1) is 15.7. The van der Waals surface area contributed by atoms with Gasteiger partial charge in [0.1, 0.15) is 6.04 Å². The van der Waals surface area contributed by atoms with Crippen molar-refractivity contribution in [3.63, 3.8) is 0 Å². The Balaban J connectivity index is 2.51. The Morgan fingerprint density at radius 1 is 1.26 bits per heavy atom. The molecule has 1 aliphatic heterocycles. The van der Waals surface area contributed by atoms with E-state index in [9.17, 15) is 18.0 Å². The van der Waals surface area contributed by atoms with Gasteiger partial charge in [0.25, 0.3) is 0 Å². The Morgan fingerprint density at radius 3 is 2.16 bits per heavy atom. The van der Waals surface area contributed by atoms with Crippen LogP contribution in [-0.4, -0.2) is 73.2 Å². The van der Waals surface area contributed by atoms with Crippen LogP contribution in [0, 0.1) is 0 Å². The van der Waals surface area contributed by atoms with Crippen LogP contribution in [0.4, 0.5) is 4.79 Å². The molecule has 2 N–H and O–H groups in total. The molecule has 1 fully saturated rings. The topological polar surface area (TPSA) is 107 Å². The van der Waals surface area contributed by atoms with Crippen molar-refractivity contribution in [2.24, 2.45) is 0 Å². The van der Waals surface area contributed by atoms with Gasteiger partial charge in [0, 0.05) is 26.2 Å². The molecule has 1 atom stereocenters. The minimum atomic E-state index is -3.24. The Hall–Kier alpha value is -1.35. The van der Waals surface area contributed by atoms with E-state index in [1.54, 1.807) is 6.92 Å². The molecular formula is C10H19N3O5S. The standard InChI is InChI=1S/C10H19N3O5S/c1-3-8(9(14)15)11-10(16)12-4-6-13(7-5-12)19(2,17)18/h8H,3-7H2,1-2H3,(H,11,16)(H,14,15)/t8-/m1/s1. The van der Waals surface area contributed by atoms with Crippen molar-refractivity contribution in [3.8, 4) is 0 Å². The number of hydrogen-bond acceptors (Lipinski definition) is 4. The van der Waals surface area contributed by atoms with Crippen LogP contribution in [-0.2, 0) is 14.8 Å². The van der Waals surface area contributed by atoms with Crippen LogP contribution in [0.25, 0.3) is 0 Å². The van der Waals surface area contributed by atoms with E-state index in [0.29, 0.717) is 6.42 Å². The van der Waals surface area contributed by atoms with Crippen molar-refractivity contribution in [3.05, 3.63) is 0 Å². The summed E-state index contributed by atoms with van der Waals surface area (Å²) in [5.41, 5.74) is 0. The summed E-state index contributed by atoms with van der Waals surface area (Å²) in [6.45, 7) is 2.65. The number of hydrogen-bond donors (Lipinski definition) is 2. The third-order valence-corrected chi connectivity index (χ3v) is 4.30. The Kier molecular flexibility index (Phi) is 5.12. The molecular weight excluding hydrogens is 274 g/mol. The molecule has 1 saturated heterocycles. The van der Waals surface area contributed by atoms with Gasteiger partial charge in [-0.15, -0.1) is 0 Å². The number of carbonyl (C=O) groups is 2. The van der Waals surface area contributed by atoms with E-state index < -0.39 is 28.1 Å². The Labute approximate surface area is 112 Å². The van der Waals surface area contributed by atoms with Crippen molar-refractivity contribution < 1.29 is 23.1 Å². The summed E-state index contributed by atoms with van der Waals surface area (Å²) in [4.78, 5) is 24.0. The summed E-state index contributed by atoms with van der Waals surface area (Å²) in [6.07, 6.45) is 1.42. The third kappa shape index (κ3) is 4.35. The minimum absolute atomic E-state index is 0.232. The van der Waals surface area contributed by atoms with E-state index in [1.165, 1.54) is 9.21 Å². The molecule has 9 heteroatoms. The van der Waals surface area contributed by atoms with Gasteiger partial charge >= 0.3 is 12.0 Å². The highest BCUT2D eigenvalue weighted by Gasteiger charge is 2.27. The van der Waals surface area contributed by atoms with E-state index in [4.69, 9.17) is 5.11 Å². The van der Waals surface area contributed by atoms with E-state index in [-0.39, 0.29) is 26.2 Å². The largest absolute Gasteiger partial charge is 0.480 e. The van der Waals surface area contributed by atoms with Crippen molar-refractivity contribution in [2.75, 3.05) is 32.4 Å². The minimum Gasteiger partial charge on any atom is -0.480 e. The lowest BCUT2D eigenvalue weighted by atomic mass is 10.2. The van der Waals surface area contributed by atoms with E-state index in [2.05, 4.69) is 5.32 Å². The molecule has 0 unspecified atom stereocenters. The molecule has 8 nitrogen and oxygen atoms in total. The second-order valence-corrected chi connectivity index (χ2v) is 6.38. The van der Waals surface area contributed by atoms with Crippen LogP contribution in [0.1, 0.15) is 13.3 Å². The lowest BCUT2D eigenvalue weighted by molar-refractivity contribution is -0.139. The fourth-order valence-electron chi connectivity index (χ4n) is 1.80. The predicted molar refractivity (Wildman–Crippen MR) is 68.2 cm³/mol. The van der Waals surface area contributed by atoms with Gasteiger partial charge in [-0.1, -0.05) is 6.92 Å². The molecule has 0 aromatic carbocycles. The maximum atomic E-state index is 11.8. The number of nitrogens with one attached hydrogen (secondary N) is 1. The average Bonchev–Trinajstić information content (AvgIpc) is 2.34. The summed E-state index contributed by atoms with van der Waals surface area (Å²) in [6, 6.07) is -1.39. The zero-order valence-corrected chi connectivity index (χ0v) is 11.8. The van der Waals surface area contributed by atoms with Crippen molar-refractivity contribution >= 4 is 22.0 Å². The SMILES string of the molecule is CC[C@@H](NC(=O)N1CCN(S(C)(=O)=O)CC1)C(=O)O. The molecule has 0 bridgehead atoms. The van der Waals surface area contributed by atoms with E-state index in [1.807, 2.05) is 0 Å². The first-order valence-electron chi connectivity index (χ1n) is 5.99. The average molecular weight is 293 g/mol. The van der Waals surface area contributed by atoms with Crippen LogP contribution < -0.4 is 5.32 Å². The van der Waals surface area contributed by atoms with Crippen molar-refractivity contribution in [1.82, 2.24) is 14.5 Å². The van der Waals surface area contributed by atoms with Crippen LogP contribution in [0.15, 0.2) is 0 Å². The van der Waals surface area contributed by atoms with Crippen LogP contribution >= 0.6 is 0 Å². The molecule has 1 rings (SSSR count). The molecule has 2 amide bonds. The van der Waals surface area contributed by atoms with Crippen LogP contribution in [0.5, 0.6) is 0 Å². The molecule has 1 heterocycles. The fourth-order valence-corrected chi connectivity index (χ4v) is 2.63. The number of urea groups is 1. The highest BCUT2D eigenvalue weighted by Crippen LogP contribution is 2.06. The van der Waals surface area contributed by atoms with Gasteiger partial charge in [-0.25, -0.2) is 18.0 Å². The number of nitrogens with zero attached hydrogens (tertiary/aromatic N) is 2. The number of piperazine rings is 1. The van der Waals surface area contributed by atoms with Crippen molar-refractivity contribution in [1.29, 1.82) is 0 Å².